The molecule has 4 nitrogen and oxygen atoms in total. The molecular weight excluding hydrogens is 306 g/mol. The van der Waals surface area contributed by atoms with Gasteiger partial charge in [-0.1, -0.05) is 29.8 Å². The van der Waals surface area contributed by atoms with Gasteiger partial charge in [-0.25, -0.2) is 13.7 Å². The second kappa shape index (κ2) is 5.71. The van der Waals surface area contributed by atoms with Crippen LogP contribution < -0.4 is 10.5 Å². The van der Waals surface area contributed by atoms with Crippen molar-refractivity contribution in [3.8, 4) is 5.69 Å². The number of hydrogen-bond donors (Lipinski definition) is 0. The molecule has 1 aromatic heterocycles. The van der Waals surface area contributed by atoms with Gasteiger partial charge in [0, 0.05) is 12.1 Å². The SMILES string of the molecule is Cn1c(=Nc2ccccc2)sn(-c2ccc(Cl)cc2)c1=O. The summed E-state index contributed by atoms with van der Waals surface area (Å²) in [6, 6.07) is 16.7. The van der Waals surface area contributed by atoms with Gasteiger partial charge in [0.05, 0.1) is 11.4 Å². The van der Waals surface area contributed by atoms with E-state index < -0.39 is 0 Å². The van der Waals surface area contributed by atoms with Crippen LogP contribution in [0.5, 0.6) is 0 Å². The number of hydrogen-bond acceptors (Lipinski definition) is 3. The van der Waals surface area contributed by atoms with Gasteiger partial charge >= 0.3 is 5.69 Å². The molecule has 3 rings (SSSR count). The quantitative estimate of drug-likeness (QED) is 0.715. The summed E-state index contributed by atoms with van der Waals surface area (Å²) in [7, 11) is 1.72. The Hall–Kier alpha value is -2.11. The highest BCUT2D eigenvalue weighted by Gasteiger charge is 2.07. The number of rotatable bonds is 2. The van der Waals surface area contributed by atoms with Gasteiger partial charge in [-0.15, -0.1) is 0 Å². The van der Waals surface area contributed by atoms with Crippen LogP contribution in [0.2, 0.25) is 5.02 Å². The summed E-state index contributed by atoms with van der Waals surface area (Å²) in [6.45, 7) is 0. The first-order valence-corrected chi connectivity index (χ1v) is 7.45. The van der Waals surface area contributed by atoms with E-state index in [1.807, 2.05) is 42.5 Å². The van der Waals surface area contributed by atoms with Crippen molar-refractivity contribution in [2.45, 2.75) is 0 Å². The lowest BCUT2D eigenvalue weighted by molar-refractivity contribution is 0.792. The molecule has 0 atom stereocenters. The molecule has 0 aliphatic carbocycles. The second-order valence-electron chi connectivity index (χ2n) is 4.43. The molecule has 0 radical (unpaired) electrons. The average molecular weight is 318 g/mol. The van der Waals surface area contributed by atoms with E-state index in [9.17, 15) is 4.79 Å². The van der Waals surface area contributed by atoms with E-state index in [1.165, 1.54) is 16.1 Å². The molecule has 0 bridgehead atoms. The standard InChI is InChI=1S/C15H12ClN3OS/c1-18-14(17-12-5-3-2-4-6-12)21-19(15(18)20)13-9-7-11(16)8-10-13/h2-10H,1H3. The van der Waals surface area contributed by atoms with Gasteiger partial charge in [0.15, 0.2) is 0 Å². The van der Waals surface area contributed by atoms with Crippen LogP contribution >= 0.6 is 23.1 Å². The average Bonchev–Trinajstić information content (AvgIpc) is 2.78. The largest absolute Gasteiger partial charge is 0.344 e. The lowest BCUT2D eigenvalue weighted by atomic mass is 10.3. The first-order valence-electron chi connectivity index (χ1n) is 6.30. The molecule has 6 heteroatoms. The van der Waals surface area contributed by atoms with E-state index in [0.717, 1.165) is 11.4 Å². The Morgan fingerprint density at radius 1 is 1.05 bits per heavy atom. The van der Waals surface area contributed by atoms with E-state index in [0.29, 0.717) is 9.82 Å². The Balaban J connectivity index is 2.14. The van der Waals surface area contributed by atoms with Crippen molar-refractivity contribution in [3.05, 3.63) is 74.9 Å². The first-order chi connectivity index (χ1) is 10.1. The van der Waals surface area contributed by atoms with Gasteiger partial charge in [-0.3, -0.25) is 4.57 Å². The fourth-order valence-electron chi connectivity index (χ4n) is 1.85. The third-order valence-corrected chi connectivity index (χ3v) is 4.29. The number of aromatic nitrogens is 2. The summed E-state index contributed by atoms with van der Waals surface area (Å²) < 4.78 is 3.13. The maximum absolute atomic E-state index is 12.3. The molecule has 0 saturated carbocycles. The number of benzene rings is 2. The van der Waals surface area contributed by atoms with E-state index in [-0.39, 0.29) is 5.69 Å². The van der Waals surface area contributed by atoms with Crippen molar-refractivity contribution in [2.75, 3.05) is 0 Å². The molecule has 2 aromatic carbocycles. The Labute approximate surface area is 130 Å². The van der Waals surface area contributed by atoms with E-state index >= 15 is 0 Å². The molecule has 0 aliphatic rings. The van der Waals surface area contributed by atoms with Gasteiger partial charge < -0.3 is 0 Å². The molecule has 3 aromatic rings. The minimum atomic E-state index is -0.128. The molecule has 0 spiro atoms. The number of nitrogens with zero attached hydrogens (tertiary/aromatic N) is 3. The number of halogens is 1. The Bertz CT molecular complexity index is 876. The fraction of sp³-hybridized carbons (Fsp3) is 0.0667. The van der Waals surface area contributed by atoms with Crippen LogP contribution in [-0.4, -0.2) is 8.52 Å². The fourth-order valence-corrected chi connectivity index (χ4v) is 2.91. The molecule has 0 saturated heterocycles. The normalized spacial score (nSPS) is 11.8. The smallest absolute Gasteiger partial charge is 0.270 e. The maximum Gasteiger partial charge on any atom is 0.344 e. The molecular formula is C15H12ClN3OS. The topological polar surface area (TPSA) is 39.3 Å². The number of para-hydroxylation sites is 1. The van der Waals surface area contributed by atoms with Crippen molar-refractivity contribution in [1.82, 2.24) is 8.52 Å². The van der Waals surface area contributed by atoms with Crippen molar-refractivity contribution < 1.29 is 0 Å². The third-order valence-electron chi connectivity index (χ3n) is 2.96. The molecule has 0 N–H and O–H groups in total. The molecule has 0 amide bonds. The van der Waals surface area contributed by atoms with Gasteiger partial charge in [0.25, 0.3) is 0 Å². The van der Waals surface area contributed by atoms with Crippen LogP contribution in [0.25, 0.3) is 5.69 Å². The van der Waals surface area contributed by atoms with Crippen LogP contribution in [-0.2, 0) is 7.05 Å². The van der Waals surface area contributed by atoms with Crippen LogP contribution in [0, 0.1) is 0 Å². The monoisotopic (exact) mass is 317 g/mol. The lowest BCUT2D eigenvalue weighted by Gasteiger charge is -1.98. The zero-order chi connectivity index (χ0) is 14.8. The van der Waals surface area contributed by atoms with E-state index in [1.54, 1.807) is 23.1 Å². The molecule has 1 heterocycles. The summed E-state index contributed by atoms with van der Waals surface area (Å²) in [4.78, 5) is 17.4. The molecule has 0 unspecified atom stereocenters. The third kappa shape index (κ3) is 2.84. The van der Waals surface area contributed by atoms with Crippen molar-refractivity contribution in [2.24, 2.45) is 12.0 Å². The van der Waals surface area contributed by atoms with Crippen molar-refractivity contribution >= 4 is 28.8 Å². The summed E-state index contributed by atoms with van der Waals surface area (Å²) >= 11 is 7.17. The van der Waals surface area contributed by atoms with Crippen molar-refractivity contribution in [1.29, 1.82) is 0 Å². The van der Waals surface area contributed by atoms with Gasteiger partial charge in [-0.05, 0) is 47.9 Å². The summed E-state index contributed by atoms with van der Waals surface area (Å²) in [5.74, 6) is 0. The zero-order valence-electron chi connectivity index (χ0n) is 11.2. The molecule has 21 heavy (non-hydrogen) atoms. The maximum atomic E-state index is 12.3. The molecule has 0 aliphatic heterocycles. The highest BCUT2D eigenvalue weighted by atomic mass is 35.5. The predicted octanol–water partition coefficient (Wildman–Crippen LogP) is 3.12. The second-order valence-corrected chi connectivity index (χ2v) is 5.78. The predicted molar refractivity (Wildman–Crippen MR) is 85.6 cm³/mol. The van der Waals surface area contributed by atoms with Crippen LogP contribution in [0.3, 0.4) is 0 Å². The zero-order valence-corrected chi connectivity index (χ0v) is 12.8. The van der Waals surface area contributed by atoms with Crippen LogP contribution in [0.15, 0.2) is 64.4 Å². The summed E-state index contributed by atoms with van der Waals surface area (Å²) in [5.41, 5.74) is 1.47. The Kier molecular flexibility index (Phi) is 3.77. The van der Waals surface area contributed by atoms with Gasteiger partial charge in [-0.2, -0.15) is 0 Å². The first kappa shape index (κ1) is 13.9. The minimum Gasteiger partial charge on any atom is -0.270 e. The Morgan fingerprint density at radius 3 is 2.38 bits per heavy atom. The Morgan fingerprint density at radius 2 is 1.71 bits per heavy atom. The summed E-state index contributed by atoms with van der Waals surface area (Å²) in [5, 5.41) is 0.641. The van der Waals surface area contributed by atoms with Crippen LogP contribution in [0.4, 0.5) is 5.69 Å². The van der Waals surface area contributed by atoms with E-state index in [4.69, 9.17) is 11.6 Å². The van der Waals surface area contributed by atoms with E-state index in [2.05, 4.69) is 4.99 Å². The summed E-state index contributed by atoms with van der Waals surface area (Å²) in [6.07, 6.45) is 0. The van der Waals surface area contributed by atoms with Gasteiger partial charge in [0.1, 0.15) is 0 Å². The lowest BCUT2D eigenvalue weighted by Crippen LogP contribution is -2.25. The van der Waals surface area contributed by atoms with Crippen LogP contribution in [0.1, 0.15) is 0 Å². The molecule has 0 fully saturated rings. The van der Waals surface area contributed by atoms with Gasteiger partial charge in [0.2, 0.25) is 4.80 Å². The highest BCUT2D eigenvalue weighted by Crippen LogP contribution is 2.13. The van der Waals surface area contributed by atoms with Crippen molar-refractivity contribution in [3.63, 3.8) is 0 Å². The minimum absolute atomic E-state index is 0.128. The highest BCUT2D eigenvalue weighted by molar-refractivity contribution is 7.03. The molecule has 106 valence electrons.